The van der Waals surface area contributed by atoms with E-state index in [1.165, 1.54) is 0 Å². The molecule has 0 atom stereocenters. The zero-order chi connectivity index (χ0) is 12.1. The minimum absolute atomic E-state index is 0.123. The Morgan fingerprint density at radius 2 is 1.17 bits per heavy atom. The van der Waals surface area contributed by atoms with Crippen molar-refractivity contribution >= 4 is 5.78 Å². The van der Waals surface area contributed by atoms with Gasteiger partial charge in [0.2, 0.25) is 0 Å². The molecule has 0 unspecified atom stereocenters. The molecule has 4 aliphatic carbocycles. The number of carbonyl (C=O) groups is 1. The SMILES string of the molecule is O=C(C1=CC=C2C=CC=C21)C1=CC=C2C=CC=C21. The van der Waals surface area contributed by atoms with Crippen LogP contribution >= 0.6 is 0 Å². The van der Waals surface area contributed by atoms with Crippen LogP contribution in [0.15, 0.2) is 94.2 Å². The molecule has 0 aliphatic heterocycles. The van der Waals surface area contributed by atoms with Gasteiger partial charge in [-0.15, -0.1) is 0 Å². The molecule has 0 saturated heterocycles. The highest BCUT2D eigenvalue weighted by Gasteiger charge is 2.28. The van der Waals surface area contributed by atoms with Crippen LogP contribution in [0.3, 0.4) is 0 Å². The first-order chi connectivity index (χ1) is 8.84. The molecule has 0 saturated carbocycles. The quantitative estimate of drug-likeness (QED) is 0.711. The van der Waals surface area contributed by atoms with Gasteiger partial charge in [-0.3, -0.25) is 4.79 Å². The van der Waals surface area contributed by atoms with Gasteiger partial charge in [0.25, 0.3) is 0 Å². The predicted octanol–water partition coefficient (Wildman–Crippen LogP) is 3.28. The summed E-state index contributed by atoms with van der Waals surface area (Å²) < 4.78 is 0. The molecule has 0 radical (unpaired) electrons. The minimum atomic E-state index is 0.123. The summed E-state index contributed by atoms with van der Waals surface area (Å²) >= 11 is 0. The average Bonchev–Trinajstić information content (AvgIpc) is 3.08. The lowest BCUT2D eigenvalue weighted by atomic mass is 9.93. The van der Waals surface area contributed by atoms with Gasteiger partial charge >= 0.3 is 0 Å². The van der Waals surface area contributed by atoms with Crippen molar-refractivity contribution in [3.8, 4) is 0 Å². The molecule has 0 aromatic heterocycles. The van der Waals surface area contributed by atoms with Crippen LogP contribution in [0, 0.1) is 0 Å². The van der Waals surface area contributed by atoms with Crippen molar-refractivity contribution in [2.45, 2.75) is 0 Å². The van der Waals surface area contributed by atoms with Crippen LogP contribution in [-0.4, -0.2) is 5.78 Å². The number of allylic oxidation sites excluding steroid dienone is 16. The lowest BCUT2D eigenvalue weighted by Gasteiger charge is -2.08. The zero-order valence-corrected chi connectivity index (χ0v) is 9.68. The Hall–Kier alpha value is -2.41. The number of fused-ring (bicyclic) bond motifs is 2. The Bertz CT molecular complexity index is 664. The molecular formula is C17H10O. The van der Waals surface area contributed by atoms with Gasteiger partial charge in [0.1, 0.15) is 0 Å². The van der Waals surface area contributed by atoms with Gasteiger partial charge in [-0.05, 0) is 34.4 Å². The number of hydrogen-bond acceptors (Lipinski definition) is 1. The number of rotatable bonds is 2. The van der Waals surface area contributed by atoms with Crippen molar-refractivity contribution in [3.63, 3.8) is 0 Å². The summed E-state index contributed by atoms with van der Waals surface area (Å²) in [6, 6.07) is 0. The van der Waals surface area contributed by atoms with Crippen molar-refractivity contribution in [1.29, 1.82) is 0 Å². The van der Waals surface area contributed by atoms with Gasteiger partial charge < -0.3 is 0 Å². The fourth-order valence-electron chi connectivity index (χ4n) is 2.72. The van der Waals surface area contributed by atoms with Crippen LogP contribution in [0.5, 0.6) is 0 Å². The Kier molecular flexibility index (Phi) is 1.76. The second-order valence-electron chi connectivity index (χ2n) is 4.61. The van der Waals surface area contributed by atoms with Crippen LogP contribution in [0.4, 0.5) is 0 Å². The van der Waals surface area contributed by atoms with E-state index >= 15 is 0 Å². The van der Waals surface area contributed by atoms with E-state index in [1.54, 1.807) is 0 Å². The van der Waals surface area contributed by atoms with E-state index in [0.29, 0.717) is 0 Å². The topological polar surface area (TPSA) is 17.1 Å². The van der Waals surface area contributed by atoms with Crippen molar-refractivity contribution in [3.05, 3.63) is 94.2 Å². The van der Waals surface area contributed by atoms with E-state index in [0.717, 1.165) is 33.4 Å². The number of carbonyl (C=O) groups excluding carboxylic acids is 1. The van der Waals surface area contributed by atoms with E-state index in [1.807, 2.05) is 60.8 Å². The van der Waals surface area contributed by atoms with E-state index in [-0.39, 0.29) is 5.78 Å². The molecule has 0 fully saturated rings. The lowest BCUT2D eigenvalue weighted by Crippen LogP contribution is -2.07. The monoisotopic (exact) mass is 230 g/mol. The third kappa shape index (κ3) is 1.13. The molecule has 1 nitrogen and oxygen atoms in total. The Morgan fingerprint density at radius 1 is 0.667 bits per heavy atom. The van der Waals surface area contributed by atoms with Crippen LogP contribution in [0.2, 0.25) is 0 Å². The molecular weight excluding hydrogens is 220 g/mol. The molecule has 0 amide bonds. The highest BCUT2D eigenvalue weighted by Crippen LogP contribution is 2.38. The minimum Gasteiger partial charge on any atom is -0.289 e. The van der Waals surface area contributed by atoms with Crippen molar-refractivity contribution in [1.82, 2.24) is 0 Å². The second-order valence-corrected chi connectivity index (χ2v) is 4.61. The Balaban J connectivity index is 1.68. The van der Waals surface area contributed by atoms with Gasteiger partial charge in [0.15, 0.2) is 5.78 Å². The van der Waals surface area contributed by atoms with Crippen LogP contribution in [0.25, 0.3) is 0 Å². The van der Waals surface area contributed by atoms with Crippen molar-refractivity contribution < 1.29 is 4.79 Å². The third-order valence-corrected chi connectivity index (χ3v) is 3.63. The van der Waals surface area contributed by atoms with Crippen LogP contribution in [-0.2, 0) is 4.79 Å². The number of Topliss-reactive ketones (excluding diaryl/α,β-unsaturated/α-hetero) is 1. The molecule has 0 aromatic rings. The fourth-order valence-corrected chi connectivity index (χ4v) is 2.72. The van der Waals surface area contributed by atoms with Crippen LogP contribution in [0.1, 0.15) is 0 Å². The summed E-state index contributed by atoms with van der Waals surface area (Å²) in [5.74, 6) is 0.123. The Morgan fingerprint density at radius 3 is 1.67 bits per heavy atom. The van der Waals surface area contributed by atoms with E-state index in [9.17, 15) is 4.79 Å². The number of ketones is 1. The summed E-state index contributed by atoms with van der Waals surface area (Å²) in [6.07, 6.45) is 19.9. The number of hydrogen-bond donors (Lipinski definition) is 0. The molecule has 0 heterocycles. The summed E-state index contributed by atoms with van der Waals surface area (Å²) in [5.41, 5.74) is 6.02. The molecule has 0 spiro atoms. The van der Waals surface area contributed by atoms with Gasteiger partial charge in [0.05, 0.1) is 0 Å². The third-order valence-electron chi connectivity index (χ3n) is 3.63. The summed E-state index contributed by atoms with van der Waals surface area (Å²) in [5, 5.41) is 0. The smallest absolute Gasteiger partial charge is 0.194 e. The average molecular weight is 230 g/mol. The summed E-state index contributed by atoms with van der Waals surface area (Å²) in [4.78, 5) is 12.6. The van der Waals surface area contributed by atoms with E-state index < -0.39 is 0 Å². The normalized spacial score (nSPS) is 22.0. The van der Waals surface area contributed by atoms with E-state index in [2.05, 4.69) is 0 Å². The zero-order valence-electron chi connectivity index (χ0n) is 9.68. The van der Waals surface area contributed by atoms with Crippen molar-refractivity contribution in [2.24, 2.45) is 0 Å². The molecule has 0 N–H and O–H groups in total. The standard InChI is InChI=1S/C17H10O/c18-17(15-9-7-11-3-1-5-13(11)15)16-10-8-12-4-2-6-14(12)16/h1-10H. The first-order valence-corrected chi connectivity index (χ1v) is 6.01. The molecule has 18 heavy (non-hydrogen) atoms. The first-order valence-electron chi connectivity index (χ1n) is 6.01. The maximum absolute atomic E-state index is 12.6. The van der Waals surface area contributed by atoms with Crippen molar-refractivity contribution in [2.75, 3.05) is 0 Å². The second kappa shape index (κ2) is 3.30. The summed E-state index contributed by atoms with van der Waals surface area (Å²) in [7, 11) is 0. The molecule has 4 rings (SSSR count). The Labute approximate surface area is 105 Å². The highest BCUT2D eigenvalue weighted by atomic mass is 16.1. The van der Waals surface area contributed by atoms with E-state index in [4.69, 9.17) is 0 Å². The molecule has 4 aliphatic rings. The fraction of sp³-hybridized carbons (Fsp3) is 0. The molecule has 84 valence electrons. The maximum Gasteiger partial charge on any atom is 0.194 e. The van der Waals surface area contributed by atoms with Gasteiger partial charge in [-0.25, -0.2) is 0 Å². The molecule has 0 bridgehead atoms. The highest BCUT2D eigenvalue weighted by molar-refractivity contribution is 6.17. The molecule has 0 aromatic carbocycles. The van der Waals surface area contributed by atoms with Crippen LogP contribution < -0.4 is 0 Å². The maximum atomic E-state index is 12.6. The largest absolute Gasteiger partial charge is 0.289 e. The van der Waals surface area contributed by atoms with Gasteiger partial charge in [0, 0.05) is 11.1 Å². The lowest BCUT2D eigenvalue weighted by molar-refractivity contribution is -0.111. The predicted molar refractivity (Wildman–Crippen MR) is 71.8 cm³/mol. The first kappa shape index (κ1) is 9.60. The van der Waals surface area contributed by atoms with Gasteiger partial charge in [-0.2, -0.15) is 0 Å². The van der Waals surface area contributed by atoms with Gasteiger partial charge in [-0.1, -0.05) is 48.6 Å². The summed E-state index contributed by atoms with van der Waals surface area (Å²) in [6.45, 7) is 0. The molecule has 1 heteroatoms.